The maximum atomic E-state index is 13.5. The number of ether oxygens (including phenoxy) is 2. The predicted molar refractivity (Wildman–Crippen MR) is 116 cm³/mol. The summed E-state index contributed by atoms with van der Waals surface area (Å²) in [5, 5.41) is 7.18. The number of Topliss-reactive ketones (excluding diaryl/α,β-unsaturated/α-hetero) is 1. The van der Waals surface area contributed by atoms with Crippen molar-refractivity contribution in [3.63, 3.8) is 0 Å². The first-order valence-electron chi connectivity index (χ1n) is 10.5. The molecule has 2 aliphatic heterocycles. The van der Waals surface area contributed by atoms with Gasteiger partial charge >= 0.3 is 0 Å². The topological polar surface area (TPSA) is 73.7 Å². The number of aromatic nitrogens is 1. The number of ketones is 1. The molecule has 0 radical (unpaired) electrons. The van der Waals surface area contributed by atoms with Gasteiger partial charge in [-0.05, 0) is 47.7 Å². The summed E-state index contributed by atoms with van der Waals surface area (Å²) < 4.78 is 11.0. The first kappa shape index (κ1) is 18.0. The standard InChI is InChI=1S/C25H21N3O3/c29-21-12-17(16-5-6-22-23(13-16)31-14-30-22)11-20-24(21)25(15-7-9-26-10-8-15)28-19-4-2-1-3-18(19)27-20/h1-10,13,17,25,27-28H,11-12,14H2/p+1. The average Bonchev–Trinajstić information content (AvgIpc) is 3.20. The van der Waals surface area contributed by atoms with Gasteiger partial charge in [-0.1, -0.05) is 18.2 Å². The summed E-state index contributed by atoms with van der Waals surface area (Å²) in [5.41, 5.74) is 5.93. The largest absolute Gasteiger partial charge is 0.454 e. The van der Waals surface area contributed by atoms with E-state index in [1.807, 2.05) is 67.0 Å². The number of benzene rings is 2. The van der Waals surface area contributed by atoms with E-state index in [-0.39, 0.29) is 24.5 Å². The van der Waals surface area contributed by atoms with Crippen molar-refractivity contribution in [2.45, 2.75) is 24.8 Å². The third-order valence-electron chi connectivity index (χ3n) is 6.25. The predicted octanol–water partition coefficient (Wildman–Crippen LogP) is 4.21. The Morgan fingerprint density at radius 3 is 2.55 bits per heavy atom. The quantitative estimate of drug-likeness (QED) is 0.660. The number of nitrogens with one attached hydrogen (secondary N) is 3. The fourth-order valence-corrected chi connectivity index (χ4v) is 4.74. The maximum Gasteiger partial charge on any atom is 0.231 e. The zero-order valence-electron chi connectivity index (χ0n) is 16.9. The first-order chi connectivity index (χ1) is 15.3. The first-order valence-corrected chi connectivity index (χ1v) is 10.5. The van der Waals surface area contributed by atoms with Crippen LogP contribution in [0.25, 0.3) is 0 Å². The molecule has 6 heteroatoms. The molecule has 1 aliphatic carbocycles. The van der Waals surface area contributed by atoms with Gasteiger partial charge in [-0.25, -0.2) is 4.98 Å². The number of carbonyl (C=O) groups excluding carboxylic acids is 1. The number of anilines is 2. The summed E-state index contributed by atoms with van der Waals surface area (Å²) in [6.45, 7) is 0.248. The van der Waals surface area contributed by atoms with E-state index in [9.17, 15) is 4.79 Å². The molecule has 154 valence electrons. The van der Waals surface area contributed by atoms with Crippen molar-refractivity contribution in [2.24, 2.45) is 0 Å². The summed E-state index contributed by atoms with van der Waals surface area (Å²) in [4.78, 5) is 16.6. The Bertz CT molecular complexity index is 1210. The van der Waals surface area contributed by atoms with Crippen molar-refractivity contribution >= 4 is 17.2 Å². The van der Waals surface area contributed by atoms with Gasteiger partial charge in [0.25, 0.3) is 0 Å². The molecule has 2 unspecified atom stereocenters. The minimum Gasteiger partial charge on any atom is -0.454 e. The number of pyridine rings is 1. The Hall–Kier alpha value is -3.80. The molecule has 31 heavy (non-hydrogen) atoms. The molecule has 3 aliphatic rings. The summed E-state index contributed by atoms with van der Waals surface area (Å²) in [7, 11) is 0. The zero-order valence-corrected chi connectivity index (χ0v) is 16.9. The number of rotatable bonds is 2. The summed E-state index contributed by atoms with van der Waals surface area (Å²) >= 11 is 0. The lowest BCUT2D eigenvalue weighted by atomic mass is 9.78. The number of hydrogen-bond acceptors (Lipinski definition) is 5. The van der Waals surface area contributed by atoms with Gasteiger partial charge in [0, 0.05) is 29.8 Å². The monoisotopic (exact) mass is 412 g/mol. The number of fused-ring (bicyclic) bond motifs is 2. The second kappa shape index (κ2) is 7.16. The highest BCUT2D eigenvalue weighted by Crippen LogP contribution is 2.45. The number of allylic oxidation sites excluding steroid dienone is 1. The zero-order chi connectivity index (χ0) is 20.8. The van der Waals surface area contributed by atoms with E-state index < -0.39 is 0 Å². The fourth-order valence-electron chi connectivity index (χ4n) is 4.74. The molecule has 6 rings (SSSR count). The number of H-pyrrole nitrogens is 1. The molecule has 0 saturated heterocycles. The van der Waals surface area contributed by atoms with Crippen LogP contribution in [0.1, 0.15) is 35.9 Å². The summed E-state index contributed by atoms with van der Waals surface area (Å²) in [5.74, 6) is 1.76. The van der Waals surface area contributed by atoms with Crippen LogP contribution in [0.4, 0.5) is 11.4 Å². The molecule has 0 spiro atoms. The van der Waals surface area contributed by atoms with Gasteiger partial charge in [-0.2, -0.15) is 0 Å². The Morgan fingerprint density at radius 2 is 1.68 bits per heavy atom. The van der Waals surface area contributed by atoms with Crippen LogP contribution in [0.3, 0.4) is 0 Å². The SMILES string of the molecule is O=C1CC(c2ccc3c(c2)OCO3)CC2=C1C(c1cc[nH+]cc1)Nc1ccccc1N2. The van der Waals surface area contributed by atoms with E-state index in [0.29, 0.717) is 6.42 Å². The molecule has 3 heterocycles. The van der Waals surface area contributed by atoms with Crippen molar-refractivity contribution in [3.8, 4) is 11.5 Å². The maximum absolute atomic E-state index is 13.5. The van der Waals surface area contributed by atoms with Gasteiger partial charge < -0.3 is 20.1 Å². The smallest absolute Gasteiger partial charge is 0.231 e. The molecule has 0 saturated carbocycles. The van der Waals surface area contributed by atoms with Crippen molar-refractivity contribution < 1.29 is 19.3 Å². The molecule has 0 fully saturated rings. The van der Waals surface area contributed by atoms with E-state index in [1.165, 1.54) is 0 Å². The van der Waals surface area contributed by atoms with E-state index in [1.54, 1.807) is 0 Å². The highest BCUT2D eigenvalue weighted by molar-refractivity contribution is 6.01. The van der Waals surface area contributed by atoms with Gasteiger partial charge in [0.05, 0.1) is 17.4 Å². The van der Waals surface area contributed by atoms with E-state index in [2.05, 4.69) is 15.6 Å². The highest BCUT2D eigenvalue weighted by Gasteiger charge is 2.36. The lowest BCUT2D eigenvalue weighted by Gasteiger charge is -2.29. The third kappa shape index (κ3) is 3.11. The van der Waals surface area contributed by atoms with Crippen molar-refractivity contribution in [2.75, 3.05) is 17.4 Å². The highest BCUT2D eigenvalue weighted by atomic mass is 16.7. The molecule has 2 atom stereocenters. The van der Waals surface area contributed by atoms with Crippen LogP contribution in [0.2, 0.25) is 0 Å². The average molecular weight is 412 g/mol. The lowest BCUT2D eigenvalue weighted by molar-refractivity contribution is -0.378. The molecule has 0 amide bonds. The number of para-hydroxylation sites is 2. The van der Waals surface area contributed by atoms with E-state index in [4.69, 9.17) is 9.47 Å². The molecule has 1 aromatic heterocycles. The third-order valence-corrected chi connectivity index (χ3v) is 6.25. The molecular formula is C25H22N3O3+. The number of aromatic amines is 1. The van der Waals surface area contributed by atoms with Crippen LogP contribution < -0.4 is 25.1 Å². The second-order valence-electron chi connectivity index (χ2n) is 8.11. The minimum absolute atomic E-state index is 0.0864. The van der Waals surface area contributed by atoms with Crippen LogP contribution in [-0.2, 0) is 4.79 Å². The van der Waals surface area contributed by atoms with Crippen LogP contribution >= 0.6 is 0 Å². The molecule has 6 nitrogen and oxygen atoms in total. The molecule has 3 N–H and O–H groups in total. The minimum atomic E-state index is -0.203. The fraction of sp³-hybridized carbons (Fsp3) is 0.200. The van der Waals surface area contributed by atoms with Crippen LogP contribution in [-0.4, -0.2) is 12.6 Å². The molecule has 3 aromatic rings. The molecular weight excluding hydrogens is 390 g/mol. The molecule has 0 bridgehead atoms. The van der Waals surface area contributed by atoms with Crippen LogP contribution in [0, 0.1) is 0 Å². The second-order valence-corrected chi connectivity index (χ2v) is 8.11. The van der Waals surface area contributed by atoms with Gasteiger partial charge in [0.1, 0.15) is 0 Å². The Labute approximate surface area is 179 Å². The molecule has 2 aromatic carbocycles. The Balaban J connectivity index is 1.43. The van der Waals surface area contributed by atoms with Gasteiger partial charge in [-0.15, -0.1) is 0 Å². The van der Waals surface area contributed by atoms with Gasteiger partial charge in [0.15, 0.2) is 29.7 Å². The lowest BCUT2D eigenvalue weighted by Crippen LogP contribution is -2.27. The van der Waals surface area contributed by atoms with Crippen LogP contribution in [0.5, 0.6) is 11.5 Å². The van der Waals surface area contributed by atoms with Crippen LogP contribution in [0.15, 0.2) is 78.3 Å². The number of carbonyl (C=O) groups is 1. The summed E-state index contributed by atoms with van der Waals surface area (Å²) in [6, 6.07) is 17.9. The van der Waals surface area contributed by atoms with Gasteiger partial charge in [-0.3, -0.25) is 4.79 Å². The summed E-state index contributed by atoms with van der Waals surface area (Å²) in [6.07, 6.45) is 5.01. The van der Waals surface area contributed by atoms with Crippen molar-refractivity contribution in [1.82, 2.24) is 0 Å². The van der Waals surface area contributed by atoms with E-state index >= 15 is 0 Å². The number of hydrogen-bond donors (Lipinski definition) is 2. The Kier molecular flexibility index (Phi) is 4.16. The van der Waals surface area contributed by atoms with Crippen molar-refractivity contribution in [1.29, 1.82) is 0 Å². The Morgan fingerprint density at radius 1 is 0.871 bits per heavy atom. The van der Waals surface area contributed by atoms with E-state index in [0.717, 1.165) is 51.7 Å². The normalized spacial score (nSPS) is 21.5. The van der Waals surface area contributed by atoms with Gasteiger partial charge in [0.2, 0.25) is 6.79 Å². The van der Waals surface area contributed by atoms with Crippen molar-refractivity contribution in [3.05, 3.63) is 89.4 Å².